The van der Waals surface area contributed by atoms with Crippen molar-refractivity contribution in [3.05, 3.63) is 24.3 Å². The number of nitrogens with one attached hydrogen (secondary N) is 1. The molecule has 0 aliphatic carbocycles. The zero-order valence-corrected chi connectivity index (χ0v) is 12.6. The van der Waals surface area contributed by atoms with Gasteiger partial charge in [0, 0.05) is 0 Å². The summed E-state index contributed by atoms with van der Waals surface area (Å²) in [6.07, 6.45) is -0.527. The van der Waals surface area contributed by atoms with Gasteiger partial charge in [-0.3, -0.25) is 4.79 Å². The molecule has 2 unspecified atom stereocenters. The fourth-order valence-corrected chi connectivity index (χ4v) is 2.79. The second-order valence-corrected chi connectivity index (χ2v) is 6.21. The minimum atomic E-state index is -4.03. The Morgan fingerprint density at radius 1 is 1.33 bits per heavy atom. The van der Waals surface area contributed by atoms with E-state index in [0.717, 1.165) is 6.42 Å². The third-order valence-electron chi connectivity index (χ3n) is 2.64. The Hall–Kier alpha value is -1.64. The van der Waals surface area contributed by atoms with Crippen LogP contribution in [0, 0.1) is 0 Å². The normalized spacial score (nSPS) is 14.4. The Kier molecular flexibility index (Phi) is 6.13. The van der Waals surface area contributed by atoms with Crippen molar-refractivity contribution in [2.45, 2.75) is 37.3 Å². The van der Waals surface area contributed by atoms with Gasteiger partial charge in [-0.25, -0.2) is 8.42 Å². The number of benzene rings is 1. The maximum atomic E-state index is 12.1. The van der Waals surface area contributed by atoms with Crippen molar-refractivity contribution in [3.8, 4) is 5.75 Å². The lowest BCUT2D eigenvalue weighted by molar-refractivity contribution is -0.141. The highest BCUT2D eigenvalue weighted by Crippen LogP contribution is 2.16. The van der Waals surface area contributed by atoms with E-state index in [1.165, 1.54) is 31.2 Å². The minimum Gasteiger partial charge on any atom is -0.494 e. The van der Waals surface area contributed by atoms with E-state index >= 15 is 0 Å². The number of carboxylic acid groups (broad SMARTS) is 1. The zero-order chi connectivity index (χ0) is 16.0. The van der Waals surface area contributed by atoms with Gasteiger partial charge < -0.3 is 14.9 Å². The predicted molar refractivity (Wildman–Crippen MR) is 75.7 cm³/mol. The number of hydrogen-bond donors (Lipinski definition) is 3. The molecule has 0 saturated carbocycles. The number of aliphatic carboxylic acids is 1. The lowest BCUT2D eigenvalue weighted by Crippen LogP contribution is -2.47. The molecule has 0 fully saturated rings. The summed E-state index contributed by atoms with van der Waals surface area (Å²) in [5.74, 6) is -0.919. The van der Waals surface area contributed by atoms with Crippen LogP contribution in [0.25, 0.3) is 0 Å². The molecule has 2 atom stereocenters. The van der Waals surface area contributed by atoms with Crippen molar-refractivity contribution < 1.29 is 28.2 Å². The predicted octanol–water partition coefficient (Wildman–Crippen LogP) is 0.588. The van der Waals surface area contributed by atoms with E-state index in [0.29, 0.717) is 12.4 Å². The molecular formula is C13H19NO6S. The summed E-state index contributed by atoms with van der Waals surface area (Å²) >= 11 is 0. The number of hydrogen-bond acceptors (Lipinski definition) is 5. The molecule has 3 N–H and O–H groups in total. The first-order chi connectivity index (χ1) is 9.77. The quantitative estimate of drug-likeness (QED) is 0.647. The molecule has 0 aliphatic rings. The van der Waals surface area contributed by atoms with Crippen molar-refractivity contribution in [2.24, 2.45) is 0 Å². The Balaban J connectivity index is 2.89. The van der Waals surface area contributed by atoms with Gasteiger partial charge in [-0.05, 0) is 37.6 Å². The average molecular weight is 317 g/mol. The molecule has 0 aliphatic heterocycles. The van der Waals surface area contributed by atoms with Crippen LogP contribution in [-0.2, 0) is 14.8 Å². The number of carboxylic acids is 1. The number of sulfonamides is 1. The molecule has 1 aromatic carbocycles. The molecule has 0 saturated heterocycles. The standard InChI is InChI=1S/C13H19NO6S/c1-3-8-20-10-4-6-11(7-5-10)21(18,19)14-12(9(2)15)13(16)17/h4-7,9,12,14-15H,3,8H2,1-2H3,(H,16,17). The number of rotatable bonds is 8. The van der Waals surface area contributed by atoms with Crippen LogP contribution in [0.15, 0.2) is 29.2 Å². The number of aliphatic hydroxyl groups is 1. The molecule has 1 rings (SSSR count). The van der Waals surface area contributed by atoms with Crippen molar-refractivity contribution in [2.75, 3.05) is 6.61 Å². The van der Waals surface area contributed by atoms with Gasteiger partial charge in [0.15, 0.2) is 0 Å². The molecule has 0 aromatic heterocycles. The van der Waals surface area contributed by atoms with Crippen molar-refractivity contribution in [1.82, 2.24) is 4.72 Å². The van der Waals surface area contributed by atoms with Gasteiger partial charge in [0.25, 0.3) is 0 Å². The van der Waals surface area contributed by atoms with Crippen molar-refractivity contribution in [1.29, 1.82) is 0 Å². The van der Waals surface area contributed by atoms with Gasteiger partial charge in [-0.15, -0.1) is 0 Å². The maximum Gasteiger partial charge on any atom is 0.324 e. The first-order valence-electron chi connectivity index (χ1n) is 6.44. The second-order valence-electron chi connectivity index (χ2n) is 4.50. The Bertz CT molecular complexity index is 567. The molecule has 0 heterocycles. The van der Waals surface area contributed by atoms with Crippen LogP contribution in [0.3, 0.4) is 0 Å². The molecule has 21 heavy (non-hydrogen) atoms. The van der Waals surface area contributed by atoms with Crippen LogP contribution < -0.4 is 9.46 Å². The van der Waals surface area contributed by atoms with E-state index in [2.05, 4.69) is 0 Å². The number of aliphatic hydroxyl groups excluding tert-OH is 1. The van der Waals surface area contributed by atoms with E-state index in [-0.39, 0.29) is 4.90 Å². The fourth-order valence-electron chi connectivity index (χ4n) is 1.53. The molecule has 1 aromatic rings. The van der Waals surface area contributed by atoms with Crippen LogP contribution in [0.4, 0.5) is 0 Å². The lowest BCUT2D eigenvalue weighted by Gasteiger charge is -2.17. The third kappa shape index (κ3) is 5.00. The molecule has 7 nitrogen and oxygen atoms in total. The van der Waals surface area contributed by atoms with Crippen LogP contribution in [0.2, 0.25) is 0 Å². The fraction of sp³-hybridized carbons (Fsp3) is 0.462. The van der Waals surface area contributed by atoms with E-state index in [4.69, 9.17) is 9.84 Å². The van der Waals surface area contributed by atoms with Gasteiger partial charge >= 0.3 is 5.97 Å². The number of ether oxygens (including phenoxy) is 1. The Labute approximate surface area is 123 Å². The topological polar surface area (TPSA) is 113 Å². The van der Waals surface area contributed by atoms with E-state index < -0.39 is 28.1 Å². The molecule has 0 bridgehead atoms. The molecule has 0 amide bonds. The Morgan fingerprint density at radius 2 is 1.90 bits per heavy atom. The highest BCUT2D eigenvalue weighted by molar-refractivity contribution is 7.89. The lowest BCUT2D eigenvalue weighted by atomic mass is 10.2. The van der Waals surface area contributed by atoms with Crippen LogP contribution in [0.1, 0.15) is 20.3 Å². The molecule has 8 heteroatoms. The summed E-state index contributed by atoms with van der Waals surface area (Å²) < 4.78 is 31.4. The van der Waals surface area contributed by atoms with Crippen LogP contribution >= 0.6 is 0 Å². The van der Waals surface area contributed by atoms with E-state index in [1.807, 2.05) is 11.6 Å². The smallest absolute Gasteiger partial charge is 0.324 e. The average Bonchev–Trinajstić information content (AvgIpc) is 2.42. The molecule has 0 spiro atoms. The minimum absolute atomic E-state index is 0.0988. The summed E-state index contributed by atoms with van der Waals surface area (Å²) in [5, 5.41) is 18.2. The summed E-state index contributed by atoms with van der Waals surface area (Å²) in [6, 6.07) is 4.00. The first kappa shape index (κ1) is 17.4. The molecular weight excluding hydrogens is 298 g/mol. The van der Waals surface area contributed by atoms with Crippen molar-refractivity contribution in [3.63, 3.8) is 0 Å². The van der Waals surface area contributed by atoms with Gasteiger partial charge in [-0.1, -0.05) is 6.92 Å². The SMILES string of the molecule is CCCOc1ccc(S(=O)(=O)NC(C(=O)O)C(C)O)cc1. The zero-order valence-electron chi connectivity index (χ0n) is 11.8. The summed E-state index contributed by atoms with van der Waals surface area (Å²) in [5.41, 5.74) is 0. The maximum absolute atomic E-state index is 12.1. The van der Waals surface area contributed by atoms with Crippen molar-refractivity contribution >= 4 is 16.0 Å². The monoisotopic (exact) mass is 317 g/mol. The highest BCUT2D eigenvalue weighted by Gasteiger charge is 2.29. The van der Waals surface area contributed by atoms with Crippen LogP contribution in [0.5, 0.6) is 5.75 Å². The summed E-state index contributed by atoms with van der Waals surface area (Å²) in [7, 11) is -4.03. The summed E-state index contributed by atoms with van der Waals surface area (Å²) in [6.45, 7) is 3.67. The number of carbonyl (C=O) groups is 1. The third-order valence-corrected chi connectivity index (χ3v) is 4.09. The largest absolute Gasteiger partial charge is 0.494 e. The summed E-state index contributed by atoms with van der Waals surface area (Å²) in [4.78, 5) is 10.8. The first-order valence-corrected chi connectivity index (χ1v) is 7.92. The van der Waals surface area contributed by atoms with Gasteiger partial charge in [0.2, 0.25) is 10.0 Å². The van der Waals surface area contributed by atoms with E-state index in [1.54, 1.807) is 0 Å². The van der Waals surface area contributed by atoms with Crippen LogP contribution in [-0.4, -0.2) is 43.4 Å². The molecule has 118 valence electrons. The van der Waals surface area contributed by atoms with Gasteiger partial charge in [-0.2, -0.15) is 4.72 Å². The Morgan fingerprint density at radius 3 is 2.33 bits per heavy atom. The van der Waals surface area contributed by atoms with Gasteiger partial charge in [0.05, 0.1) is 17.6 Å². The second kappa shape index (κ2) is 7.39. The van der Waals surface area contributed by atoms with Gasteiger partial charge in [0.1, 0.15) is 11.8 Å². The highest BCUT2D eigenvalue weighted by atomic mass is 32.2. The molecule has 0 radical (unpaired) electrons. The van der Waals surface area contributed by atoms with E-state index in [9.17, 15) is 18.3 Å².